The van der Waals surface area contributed by atoms with Gasteiger partial charge in [0.25, 0.3) is 5.91 Å². The molecule has 0 bridgehead atoms. The van der Waals surface area contributed by atoms with Crippen LogP contribution in [0.15, 0.2) is 52.4 Å². The van der Waals surface area contributed by atoms with Crippen LogP contribution in [-0.2, 0) is 4.79 Å². The van der Waals surface area contributed by atoms with Crippen LogP contribution >= 0.6 is 11.8 Å². The lowest BCUT2D eigenvalue weighted by Crippen LogP contribution is -2.19. The second-order valence-corrected chi connectivity index (χ2v) is 6.27. The number of thioether (sulfide) groups is 1. The number of rotatable bonds is 3. The van der Waals surface area contributed by atoms with Crippen LogP contribution in [0.4, 0.5) is 11.4 Å². The smallest absolute Gasteiger partial charge is 0.311 e. The van der Waals surface area contributed by atoms with Gasteiger partial charge in [-0.2, -0.15) is 0 Å². The van der Waals surface area contributed by atoms with Crippen molar-refractivity contribution in [3.8, 4) is 5.75 Å². The van der Waals surface area contributed by atoms with Crippen molar-refractivity contribution in [1.29, 1.82) is 0 Å². The zero-order chi connectivity index (χ0) is 18.0. The predicted octanol–water partition coefficient (Wildman–Crippen LogP) is 3.50. The summed E-state index contributed by atoms with van der Waals surface area (Å²) < 4.78 is 0. The molecule has 1 amide bonds. The zero-order valence-electron chi connectivity index (χ0n) is 13.1. The average Bonchev–Trinajstić information content (AvgIpc) is 2.91. The fraction of sp³-hybridized carbons (Fsp3) is 0.0588. The Kier molecular flexibility index (Phi) is 4.53. The quantitative estimate of drug-likeness (QED) is 0.498. The van der Waals surface area contributed by atoms with Crippen molar-refractivity contribution in [1.82, 2.24) is 5.32 Å². The highest BCUT2D eigenvalue weighted by Gasteiger charge is 2.25. The normalized spacial score (nSPS) is 17.1. The van der Waals surface area contributed by atoms with Crippen molar-refractivity contribution in [3.63, 3.8) is 0 Å². The standard InChI is InChI=1S/C17H13N3O4S/c1-10-5-2-3-7-12(10)18-17-19-16(22)14(25-17)9-11-6-4-8-13(15(11)21)20(23)24/h2-9,21H,1H3,(H,18,19,22)/b14-9-. The van der Waals surface area contributed by atoms with E-state index in [1.807, 2.05) is 31.2 Å². The number of phenolic OH excluding ortho intramolecular Hbond substituents is 1. The predicted molar refractivity (Wildman–Crippen MR) is 96.7 cm³/mol. The summed E-state index contributed by atoms with van der Waals surface area (Å²) in [5.74, 6) is -0.846. The lowest BCUT2D eigenvalue weighted by molar-refractivity contribution is -0.385. The number of carbonyl (C=O) groups excluding carboxylic acids is 1. The van der Waals surface area contributed by atoms with Crippen LogP contribution < -0.4 is 5.32 Å². The number of carbonyl (C=O) groups is 1. The summed E-state index contributed by atoms with van der Waals surface area (Å²) in [4.78, 5) is 27.0. The zero-order valence-corrected chi connectivity index (χ0v) is 13.9. The van der Waals surface area contributed by atoms with Gasteiger partial charge in [-0.05, 0) is 36.4 Å². The molecule has 1 heterocycles. The van der Waals surface area contributed by atoms with Gasteiger partial charge >= 0.3 is 5.69 Å². The van der Waals surface area contributed by atoms with Crippen molar-refractivity contribution in [3.05, 3.63) is 68.6 Å². The number of amidine groups is 1. The largest absolute Gasteiger partial charge is 0.502 e. The van der Waals surface area contributed by atoms with E-state index in [4.69, 9.17) is 0 Å². The van der Waals surface area contributed by atoms with Crippen LogP contribution in [0.2, 0.25) is 0 Å². The molecule has 1 aliphatic rings. The first-order valence-corrected chi connectivity index (χ1v) is 8.09. The van der Waals surface area contributed by atoms with Gasteiger partial charge in [0.15, 0.2) is 5.17 Å². The first kappa shape index (κ1) is 16.7. The van der Waals surface area contributed by atoms with Gasteiger partial charge in [0.2, 0.25) is 5.75 Å². The monoisotopic (exact) mass is 355 g/mol. The lowest BCUT2D eigenvalue weighted by Gasteiger charge is -2.00. The molecule has 0 saturated carbocycles. The topological polar surface area (TPSA) is 105 Å². The average molecular weight is 355 g/mol. The second-order valence-electron chi connectivity index (χ2n) is 5.24. The van der Waals surface area contributed by atoms with Gasteiger partial charge in [0, 0.05) is 11.6 Å². The van der Waals surface area contributed by atoms with Gasteiger partial charge < -0.3 is 10.4 Å². The van der Waals surface area contributed by atoms with E-state index in [1.165, 1.54) is 24.3 Å². The molecule has 25 heavy (non-hydrogen) atoms. The number of nitro benzene ring substituents is 1. The Bertz CT molecular complexity index is 937. The Balaban J connectivity index is 1.91. The Labute approximate surface area is 147 Å². The van der Waals surface area contributed by atoms with Crippen LogP contribution in [0.3, 0.4) is 0 Å². The molecule has 0 atom stereocenters. The molecule has 7 nitrogen and oxygen atoms in total. The van der Waals surface area contributed by atoms with Crippen molar-refractivity contribution in [2.75, 3.05) is 0 Å². The molecule has 1 aliphatic heterocycles. The molecule has 2 aromatic carbocycles. The highest BCUT2D eigenvalue weighted by atomic mass is 32.2. The Morgan fingerprint density at radius 2 is 2.00 bits per heavy atom. The number of aliphatic imine (C=N–C) groups is 1. The van der Waals surface area contributed by atoms with E-state index in [1.54, 1.807) is 0 Å². The van der Waals surface area contributed by atoms with E-state index < -0.39 is 16.4 Å². The van der Waals surface area contributed by atoms with E-state index in [9.17, 15) is 20.0 Å². The molecular weight excluding hydrogens is 342 g/mol. The van der Waals surface area contributed by atoms with Gasteiger partial charge in [-0.3, -0.25) is 14.9 Å². The maximum Gasteiger partial charge on any atom is 0.311 e. The number of phenols is 1. The Morgan fingerprint density at radius 1 is 1.24 bits per heavy atom. The number of nitrogens with zero attached hydrogens (tertiary/aromatic N) is 2. The summed E-state index contributed by atoms with van der Waals surface area (Å²) in [6.45, 7) is 1.92. The first-order chi connectivity index (χ1) is 12.0. The van der Waals surface area contributed by atoms with E-state index in [2.05, 4.69) is 10.3 Å². The molecule has 126 valence electrons. The molecule has 1 saturated heterocycles. The Morgan fingerprint density at radius 3 is 2.72 bits per heavy atom. The summed E-state index contributed by atoms with van der Waals surface area (Å²) >= 11 is 1.11. The van der Waals surface area contributed by atoms with E-state index in [0.717, 1.165) is 23.0 Å². The van der Waals surface area contributed by atoms with Gasteiger partial charge in [-0.1, -0.05) is 30.3 Å². The van der Waals surface area contributed by atoms with Crippen LogP contribution in [0, 0.1) is 17.0 Å². The minimum absolute atomic E-state index is 0.198. The third-order valence-corrected chi connectivity index (χ3v) is 4.43. The fourth-order valence-electron chi connectivity index (χ4n) is 2.23. The molecule has 0 aliphatic carbocycles. The maximum absolute atomic E-state index is 12.1. The molecule has 2 N–H and O–H groups in total. The molecule has 2 aromatic rings. The number of amides is 1. The first-order valence-electron chi connectivity index (χ1n) is 7.27. The van der Waals surface area contributed by atoms with E-state index >= 15 is 0 Å². The number of nitrogens with one attached hydrogen (secondary N) is 1. The third kappa shape index (κ3) is 3.53. The molecule has 0 aromatic heterocycles. The van der Waals surface area contributed by atoms with Crippen LogP contribution in [0.1, 0.15) is 11.1 Å². The van der Waals surface area contributed by atoms with Crippen LogP contribution in [-0.4, -0.2) is 21.1 Å². The summed E-state index contributed by atoms with van der Waals surface area (Å²) in [5, 5.41) is 23.9. The molecular formula is C17H13N3O4S. The van der Waals surface area contributed by atoms with E-state index in [0.29, 0.717) is 10.1 Å². The number of hydrogen-bond acceptors (Lipinski definition) is 6. The number of aryl methyl sites for hydroxylation is 1. The van der Waals surface area contributed by atoms with Crippen LogP contribution in [0.5, 0.6) is 5.75 Å². The minimum Gasteiger partial charge on any atom is -0.502 e. The van der Waals surface area contributed by atoms with Crippen molar-refractivity contribution >= 4 is 40.3 Å². The third-order valence-electron chi connectivity index (χ3n) is 3.52. The number of aromatic hydroxyl groups is 1. The summed E-state index contributed by atoms with van der Waals surface area (Å²) in [6.07, 6.45) is 1.41. The number of hydrogen-bond donors (Lipinski definition) is 2. The molecule has 0 radical (unpaired) electrons. The number of benzene rings is 2. The summed E-state index contributed by atoms with van der Waals surface area (Å²) in [5.41, 5.74) is 1.50. The highest BCUT2D eigenvalue weighted by Crippen LogP contribution is 2.34. The van der Waals surface area contributed by atoms with E-state index in [-0.39, 0.29) is 11.5 Å². The number of para-hydroxylation sites is 2. The van der Waals surface area contributed by atoms with Gasteiger partial charge in [0.1, 0.15) is 0 Å². The molecule has 8 heteroatoms. The summed E-state index contributed by atoms with van der Waals surface area (Å²) in [6, 6.07) is 11.7. The van der Waals surface area contributed by atoms with Crippen molar-refractivity contribution in [2.45, 2.75) is 6.92 Å². The van der Waals surface area contributed by atoms with Crippen LogP contribution in [0.25, 0.3) is 6.08 Å². The highest BCUT2D eigenvalue weighted by molar-refractivity contribution is 8.18. The molecule has 0 spiro atoms. The van der Waals surface area contributed by atoms with Crippen molar-refractivity contribution < 1.29 is 14.8 Å². The fourth-order valence-corrected chi connectivity index (χ4v) is 3.06. The summed E-state index contributed by atoms with van der Waals surface area (Å²) in [7, 11) is 0. The lowest BCUT2D eigenvalue weighted by atomic mass is 10.1. The van der Waals surface area contributed by atoms with Gasteiger partial charge in [-0.15, -0.1) is 0 Å². The van der Waals surface area contributed by atoms with Crippen molar-refractivity contribution in [2.24, 2.45) is 4.99 Å². The minimum atomic E-state index is -0.676. The SMILES string of the molecule is Cc1ccccc1N=C1NC(=O)/C(=C/c2cccc([N+](=O)[O-])c2O)S1. The van der Waals surface area contributed by atoms with Gasteiger partial charge in [-0.25, -0.2) is 4.99 Å². The number of nitro groups is 1. The molecule has 1 fully saturated rings. The second kappa shape index (κ2) is 6.78. The maximum atomic E-state index is 12.1. The molecule has 0 unspecified atom stereocenters. The molecule has 3 rings (SSSR count). The van der Waals surface area contributed by atoms with Gasteiger partial charge in [0.05, 0.1) is 15.5 Å². The Hall–Kier alpha value is -3.13.